The zero-order valence-corrected chi connectivity index (χ0v) is 32.8. The summed E-state index contributed by atoms with van der Waals surface area (Å²) in [4.78, 5) is 50.4. The van der Waals surface area contributed by atoms with E-state index >= 15 is 0 Å². The van der Waals surface area contributed by atoms with E-state index in [0.717, 1.165) is 13.0 Å². The first-order valence-electron chi connectivity index (χ1n) is 17.7. The smallest absolute Gasteiger partial charge is 0.332 e. The number of ether oxygens (including phenoxy) is 11. The second-order valence-electron chi connectivity index (χ2n) is 15.3. The molecule has 4 rings (SSSR count). The van der Waals surface area contributed by atoms with Crippen LogP contribution in [0.3, 0.4) is 0 Å². The fraction of sp³-hybridized carbons (Fsp3) is 0.722. The van der Waals surface area contributed by atoms with Gasteiger partial charge in [0.15, 0.2) is 37.2 Å². The molecule has 3 saturated heterocycles. The van der Waals surface area contributed by atoms with Crippen LogP contribution < -0.4 is 0 Å². The Labute approximate surface area is 310 Å². The van der Waals surface area contributed by atoms with E-state index in [2.05, 4.69) is 19.6 Å². The number of rotatable bonds is 14. The third-order valence-corrected chi connectivity index (χ3v) is 9.98. The molecule has 0 unspecified atom stereocenters. The van der Waals surface area contributed by atoms with Crippen molar-refractivity contribution in [1.29, 1.82) is 0 Å². The number of hydrogen-bond donors (Lipinski definition) is 1. The van der Waals surface area contributed by atoms with Crippen molar-refractivity contribution in [1.82, 2.24) is 0 Å². The molecule has 0 aromatic heterocycles. The first kappa shape index (κ1) is 42.7. The molecular formula is C36H54O16Si. The molecule has 0 amide bonds. The summed E-state index contributed by atoms with van der Waals surface area (Å²) >= 11 is 0. The maximum absolute atomic E-state index is 12.9. The summed E-state index contributed by atoms with van der Waals surface area (Å²) in [5.41, 5.74) is -0.111. The number of aliphatic hydroxyl groups excluding tert-OH is 1. The van der Waals surface area contributed by atoms with Crippen molar-refractivity contribution in [2.75, 3.05) is 26.4 Å². The average Bonchev–Trinajstić information content (AvgIpc) is 3.05. The van der Waals surface area contributed by atoms with Gasteiger partial charge in [0.2, 0.25) is 0 Å². The number of carbonyl (C=O) groups excluding carboxylic acids is 4. The minimum atomic E-state index is -1.57. The first-order valence-corrected chi connectivity index (χ1v) is 21.4. The zero-order chi connectivity index (χ0) is 39.1. The molecule has 53 heavy (non-hydrogen) atoms. The highest BCUT2D eigenvalue weighted by molar-refractivity contribution is 6.76. The molecule has 3 aliphatic rings. The van der Waals surface area contributed by atoms with E-state index in [-0.39, 0.29) is 13.2 Å². The molecule has 17 heteroatoms. The number of esters is 4. The van der Waals surface area contributed by atoms with E-state index in [0.29, 0.717) is 5.56 Å². The van der Waals surface area contributed by atoms with Gasteiger partial charge in [-0.05, 0) is 26.8 Å². The molecule has 3 aliphatic heterocycles. The van der Waals surface area contributed by atoms with Crippen LogP contribution in [0.4, 0.5) is 0 Å². The van der Waals surface area contributed by atoms with Crippen LogP contribution in [0.5, 0.6) is 0 Å². The molecule has 16 nitrogen and oxygen atoms in total. The van der Waals surface area contributed by atoms with Crippen LogP contribution >= 0.6 is 0 Å². The predicted molar refractivity (Wildman–Crippen MR) is 186 cm³/mol. The molecule has 1 N–H and O–H groups in total. The number of aliphatic hydroxyl groups is 1. The van der Waals surface area contributed by atoms with E-state index < -0.39 is 118 Å². The molecular weight excluding hydrogens is 716 g/mol. The van der Waals surface area contributed by atoms with Gasteiger partial charge in [-0.3, -0.25) is 14.4 Å². The Kier molecular flexibility index (Phi) is 15.0. The summed E-state index contributed by atoms with van der Waals surface area (Å²) < 4.78 is 66.0. The van der Waals surface area contributed by atoms with E-state index in [1.807, 2.05) is 30.3 Å². The van der Waals surface area contributed by atoms with Crippen LogP contribution in [0.1, 0.15) is 53.4 Å². The van der Waals surface area contributed by atoms with E-state index in [9.17, 15) is 24.3 Å². The molecule has 0 radical (unpaired) electrons. The van der Waals surface area contributed by atoms with E-state index in [1.165, 1.54) is 13.8 Å². The lowest BCUT2D eigenvalue weighted by atomic mass is 9.95. The van der Waals surface area contributed by atoms with Gasteiger partial charge in [-0.2, -0.15) is 0 Å². The Morgan fingerprint density at radius 3 is 1.96 bits per heavy atom. The van der Waals surface area contributed by atoms with Gasteiger partial charge in [-0.25, -0.2) is 4.79 Å². The Bertz CT molecular complexity index is 1380. The maximum Gasteiger partial charge on any atom is 0.332 e. The van der Waals surface area contributed by atoms with Gasteiger partial charge in [0.25, 0.3) is 0 Å². The van der Waals surface area contributed by atoms with Crippen LogP contribution in [0, 0.1) is 0 Å². The van der Waals surface area contributed by atoms with Gasteiger partial charge in [0.1, 0.15) is 42.7 Å². The monoisotopic (exact) mass is 770 g/mol. The molecule has 11 atom stereocenters. The molecule has 0 saturated carbocycles. The highest BCUT2D eigenvalue weighted by Crippen LogP contribution is 2.39. The minimum Gasteiger partial charge on any atom is -0.458 e. The number of fused-ring (bicyclic) bond motifs is 1. The highest BCUT2D eigenvalue weighted by atomic mass is 28.3. The lowest BCUT2D eigenvalue weighted by Gasteiger charge is -2.50. The van der Waals surface area contributed by atoms with Crippen LogP contribution in [-0.2, 0) is 71.3 Å². The van der Waals surface area contributed by atoms with E-state index in [1.54, 1.807) is 20.8 Å². The molecule has 3 heterocycles. The molecule has 0 spiro atoms. The van der Waals surface area contributed by atoms with Crippen LogP contribution in [0.2, 0.25) is 25.7 Å². The van der Waals surface area contributed by atoms with Crippen molar-refractivity contribution in [2.24, 2.45) is 0 Å². The van der Waals surface area contributed by atoms with Crippen molar-refractivity contribution in [3.63, 3.8) is 0 Å². The quantitative estimate of drug-likeness (QED) is 0.165. The summed E-state index contributed by atoms with van der Waals surface area (Å²) in [6.45, 7) is 14.1. The summed E-state index contributed by atoms with van der Waals surface area (Å²) in [6, 6.07) is 9.86. The molecule has 1 aromatic carbocycles. The van der Waals surface area contributed by atoms with Crippen LogP contribution in [-0.4, -0.2) is 130 Å². The number of carbonyl (C=O) groups is 4. The van der Waals surface area contributed by atoms with Gasteiger partial charge >= 0.3 is 23.9 Å². The second-order valence-corrected chi connectivity index (χ2v) is 20.9. The second kappa shape index (κ2) is 18.6. The van der Waals surface area contributed by atoms with Crippen molar-refractivity contribution >= 4 is 32.0 Å². The number of benzene rings is 1. The SMILES string of the molecule is CC(=O)O[C@@H]1[C@@H](OC(C)=O)[C@H](OCC[Si](C)(C)C)O[C@H](CO)[C@H]1O[C@@H]1O[C@@H]2CO[C@H](c3ccccc3)O[C@@H]2[C@H](OCC(=O)OC(C)(C)C)[C@H]1OC(C)=O. The van der Waals surface area contributed by atoms with Crippen LogP contribution in [0.15, 0.2) is 30.3 Å². The molecule has 0 aliphatic carbocycles. The summed E-state index contributed by atoms with van der Waals surface area (Å²) in [5, 5.41) is 10.6. The Balaban J connectivity index is 1.69. The maximum atomic E-state index is 12.9. The summed E-state index contributed by atoms with van der Waals surface area (Å²) in [7, 11) is -1.57. The predicted octanol–water partition coefficient (Wildman–Crippen LogP) is 2.80. The lowest BCUT2D eigenvalue weighted by molar-refractivity contribution is -0.388. The van der Waals surface area contributed by atoms with Gasteiger partial charge in [0.05, 0.1) is 13.2 Å². The van der Waals surface area contributed by atoms with Crippen molar-refractivity contribution in [2.45, 2.75) is 141 Å². The largest absolute Gasteiger partial charge is 0.458 e. The van der Waals surface area contributed by atoms with Gasteiger partial charge in [-0.15, -0.1) is 0 Å². The van der Waals surface area contributed by atoms with Crippen LogP contribution in [0.25, 0.3) is 0 Å². The number of hydrogen-bond acceptors (Lipinski definition) is 16. The van der Waals surface area contributed by atoms with Crippen molar-refractivity contribution in [3.8, 4) is 0 Å². The fourth-order valence-corrected chi connectivity index (χ4v) is 6.81. The zero-order valence-electron chi connectivity index (χ0n) is 31.8. The minimum absolute atomic E-state index is 0.0375. The standard InChI is InChI=1S/C36H54O16Si/c1-20(38)45-30-27(24(17-37)48-34(32(30)47-22(3)40)42-15-16-53(7,8)9)51-35-31(46-21(2)39)29(43-19-26(41)52-36(4,5)6)28-25(49-35)18-44-33(50-28)23-13-11-10-12-14-23/h10-14,24-25,27-35,37H,15-19H2,1-9H3/t24-,25-,27-,28+,29+,30+,31-,32-,33+,34-,35+/m1/s1. The average molecular weight is 771 g/mol. The first-order chi connectivity index (χ1) is 24.8. The fourth-order valence-electron chi connectivity index (χ4n) is 6.08. The van der Waals surface area contributed by atoms with Crippen molar-refractivity contribution in [3.05, 3.63) is 35.9 Å². The summed E-state index contributed by atoms with van der Waals surface area (Å²) in [5.74, 6) is -2.90. The Morgan fingerprint density at radius 2 is 1.40 bits per heavy atom. The molecule has 1 aromatic rings. The molecule has 0 bridgehead atoms. The third-order valence-electron chi connectivity index (χ3n) is 8.27. The molecule has 298 valence electrons. The third kappa shape index (κ3) is 12.5. The lowest BCUT2D eigenvalue weighted by Crippen LogP contribution is -2.67. The van der Waals surface area contributed by atoms with Gasteiger partial charge in [0, 0.05) is 41.0 Å². The molecule has 3 fully saturated rings. The van der Waals surface area contributed by atoms with E-state index in [4.69, 9.17) is 52.1 Å². The van der Waals surface area contributed by atoms with Gasteiger partial charge < -0.3 is 57.2 Å². The highest BCUT2D eigenvalue weighted by Gasteiger charge is 2.57. The normalized spacial score (nSPS) is 31.8. The Hall–Kier alpha value is -3.00. The van der Waals surface area contributed by atoms with Crippen molar-refractivity contribution < 1.29 is 76.4 Å². The Morgan fingerprint density at radius 1 is 0.792 bits per heavy atom. The topological polar surface area (TPSA) is 190 Å². The van der Waals surface area contributed by atoms with Gasteiger partial charge in [-0.1, -0.05) is 50.0 Å². The summed E-state index contributed by atoms with van der Waals surface area (Å²) in [6.07, 6.45) is -13.4.